The summed E-state index contributed by atoms with van der Waals surface area (Å²) in [7, 11) is 1.39. The number of carbonyl (C=O) groups excluding carboxylic acids is 2. The van der Waals surface area contributed by atoms with Crippen molar-refractivity contribution in [1.82, 2.24) is 15.1 Å². The number of methoxy groups -OCH3 is 1. The molecule has 0 unspecified atom stereocenters. The molecule has 25 heavy (non-hydrogen) atoms. The summed E-state index contributed by atoms with van der Waals surface area (Å²) >= 11 is 0. The largest absolute Gasteiger partial charge is 0.453 e. The molecule has 2 heterocycles. The van der Waals surface area contributed by atoms with Gasteiger partial charge in [0.15, 0.2) is 0 Å². The van der Waals surface area contributed by atoms with Gasteiger partial charge < -0.3 is 15.0 Å². The van der Waals surface area contributed by atoms with Gasteiger partial charge in [0.1, 0.15) is 0 Å². The van der Waals surface area contributed by atoms with Crippen LogP contribution in [-0.2, 0) is 22.5 Å². The second-order valence-corrected chi connectivity index (χ2v) is 6.93. The lowest BCUT2D eigenvalue weighted by molar-refractivity contribution is -0.127. The number of hydrogen-bond acceptors (Lipinski definition) is 4. The van der Waals surface area contributed by atoms with E-state index in [1.165, 1.54) is 18.2 Å². The molecule has 2 atom stereocenters. The van der Waals surface area contributed by atoms with E-state index in [9.17, 15) is 9.59 Å². The Balaban J connectivity index is 1.55. The number of nitrogens with one attached hydrogen (secondary N) is 1. The lowest BCUT2D eigenvalue weighted by atomic mass is 9.98. The lowest BCUT2D eigenvalue weighted by Crippen LogP contribution is -2.54. The van der Waals surface area contributed by atoms with Crippen LogP contribution in [0.15, 0.2) is 24.3 Å². The molecule has 1 fully saturated rings. The summed E-state index contributed by atoms with van der Waals surface area (Å²) in [6.45, 7) is 4.88. The molecule has 2 aliphatic rings. The third-order valence-corrected chi connectivity index (χ3v) is 5.29. The van der Waals surface area contributed by atoms with Crippen LogP contribution in [0.5, 0.6) is 0 Å². The highest BCUT2D eigenvalue weighted by Gasteiger charge is 2.29. The minimum absolute atomic E-state index is 0.000114. The van der Waals surface area contributed by atoms with E-state index >= 15 is 0 Å². The van der Waals surface area contributed by atoms with E-state index in [2.05, 4.69) is 34.5 Å². The van der Waals surface area contributed by atoms with Gasteiger partial charge in [-0.1, -0.05) is 24.3 Å². The number of amides is 2. The van der Waals surface area contributed by atoms with Crippen LogP contribution >= 0.6 is 0 Å². The maximum absolute atomic E-state index is 12.7. The summed E-state index contributed by atoms with van der Waals surface area (Å²) in [5, 5.41) is 3.12. The minimum Gasteiger partial charge on any atom is -0.453 e. The number of carbonyl (C=O) groups is 2. The van der Waals surface area contributed by atoms with E-state index in [0.717, 1.165) is 32.4 Å². The molecule has 0 radical (unpaired) electrons. The van der Waals surface area contributed by atoms with Gasteiger partial charge in [-0.25, -0.2) is 4.79 Å². The van der Waals surface area contributed by atoms with Gasteiger partial charge in [-0.3, -0.25) is 9.69 Å². The Labute approximate surface area is 149 Å². The summed E-state index contributed by atoms with van der Waals surface area (Å²) in [5.41, 5.74) is 2.69. The molecular weight excluding hydrogens is 318 g/mol. The Morgan fingerprint density at radius 3 is 2.76 bits per heavy atom. The fourth-order valence-electron chi connectivity index (χ4n) is 3.73. The molecule has 1 aromatic carbocycles. The van der Waals surface area contributed by atoms with E-state index < -0.39 is 0 Å². The van der Waals surface area contributed by atoms with E-state index in [0.29, 0.717) is 13.1 Å². The molecule has 0 aromatic heterocycles. The summed E-state index contributed by atoms with van der Waals surface area (Å²) < 4.78 is 4.78. The van der Waals surface area contributed by atoms with Gasteiger partial charge in [0.05, 0.1) is 13.2 Å². The molecule has 0 saturated carbocycles. The molecule has 6 nitrogen and oxygen atoms in total. The van der Waals surface area contributed by atoms with Gasteiger partial charge in [-0.2, -0.15) is 0 Å². The van der Waals surface area contributed by atoms with Crippen molar-refractivity contribution in [2.45, 2.75) is 44.8 Å². The van der Waals surface area contributed by atoms with Gasteiger partial charge in [-0.15, -0.1) is 0 Å². The van der Waals surface area contributed by atoms with Crippen LogP contribution in [0.25, 0.3) is 0 Å². The van der Waals surface area contributed by atoms with Gasteiger partial charge in [0, 0.05) is 32.2 Å². The number of ether oxygens (including phenoxy) is 1. The first-order valence-electron chi connectivity index (χ1n) is 9.02. The molecule has 0 bridgehead atoms. The number of benzene rings is 1. The Bertz CT molecular complexity index is 634. The van der Waals surface area contributed by atoms with Crippen molar-refractivity contribution >= 4 is 12.0 Å². The van der Waals surface area contributed by atoms with Crippen LogP contribution in [0.3, 0.4) is 0 Å². The summed E-state index contributed by atoms with van der Waals surface area (Å²) in [4.78, 5) is 28.2. The number of piperidine rings is 1. The highest BCUT2D eigenvalue weighted by Crippen LogP contribution is 2.20. The molecule has 1 N–H and O–H groups in total. The number of fused-ring (bicyclic) bond motifs is 1. The van der Waals surface area contributed by atoms with E-state index in [-0.39, 0.29) is 24.1 Å². The Morgan fingerprint density at radius 1 is 1.24 bits per heavy atom. The molecule has 1 aromatic rings. The van der Waals surface area contributed by atoms with E-state index in [1.807, 2.05) is 6.92 Å². The van der Waals surface area contributed by atoms with Gasteiger partial charge in [0.2, 0.25) is 5.91 Å². The van der Waals surface area contributed by atoms with Crippen LogP contribution in [0, 0.1) is 0 Å². The van der Waals surface area contributed by atoms with Gasteiger partial charge in [0.25, 0.3) is 0 Å². The van der Waals surface area contributed by atoms with Crippen LogP contribution in [0.2, 0.25) is 0 Å². The topological polar surface area (TPSA) is 61.9 Å². The van der Waals surface area contributed by atoms with Crippen molar-refractivity contribution in [1.29, 1.82) is 0 Å². The van der Waals surface area contributed by atoms with Crippen molar-refractivity contribution in [3.05, 3.63) is 35.4 Å². The van der Waals surface area contributed by atoms with Gasteiger partial charge >= 0.3 is 6.09 Å². The molecule has 6 heteroatoms. The van der Waals surface area contributed by atoms with Crippen LogP contribution in [0.1, 0.15) is 30.9 Å². The molecular formula is C19H27N3O3. The van der Waals surface area contributed by atoms with E-state index in [1.54, 1.807) is 4.90 Å². The summed E-state index contributed by atoms with van der Waals surface area (Å²) in [5.74, 6) is 0.0381. The lowest BCUT2D eigenvalue weighted by Gasteiger charge is -2.36. The highest BCUT2D eigenvalue weighted by atomic mass is 16.5. The Kier molecular flexibility index (Phi) is 5.58. The van der Waals surface area contributed by atoms with Gasteiger partial charge in [-0.05, 0) is 37.3 Å². The van der Waals surface area contributed by atoms with Crippen molar-refractivity contribution in [3.8, 4) is 0 Å². The van der Waals surface area contributed by atoms with E-state index in [4.69, 9.17) is 4.74 Å². The first-order chi connectivity index (χ1) is 12.1. The van der Waals surface area contributed by atoms with Crippen molar-refractivity contribution in [2.75, 3.05) is 26.7 Å². The number of nitrogens with zero attached hydrogens (tertiary/aromatic N) is 2. The molecule has 3 rings (SSSR count). The number of rotatable bonds is 3. The monoisotopic (exact) mass is 345 g/mol. The average Bonchev–Trinajstić information content (AvgIpc) is 2.66. The smallest absolute Gasteiger partial charge is 0.409 e. The molecule has 2 amide bonds. The predicted molar refractivity (Wildman–Crippen MR) is 95.2 cm³/mol. The molecule has 136 valence electrons. The molecule has 0 aliphatic carbocycles. The van der Waals surface area contributed by atoms with Crippen molar-refractivity contribution in [2.24, 2.45) is 0 Å². The zero-order valence-electron chi connectivity index (χ0n) is 15.0. The minimum atomic E-state index is -0.320. The SMILES string of the molecule is COC(=O)N1CCC[C@H](NC(=O)[C@H](C)N2CCc3ccccc3C2)C1. The molecule has 2 aliphatic heterocycles. The maximum Gasteiger partial charge on any atom is 0.409 e. The molecule has 1 saturated heterocycles. The maximum atomic E-state index is 12.7. The highest BCUT2D eigenvalue weighted by molar-refractivity contribution is 5.81. The zero-order valence-corrected chi connectivity index (χ0v) is 15.0. The fraction of sp³-hybridized carbons (Fsp3) is 0.579. The van der Waals surface area contributed by atoms with Crippen molar-refractivity contribution < 1.29 is 14.3 Å². The van der Waals surface area contributed by atoms with Crippen LogP contribution < -0.4 is 5.32 Å². The number of likely N-dealkylation sites (tertiary alicyclic amines) is 1. The zero-order chi connectivity index (χ0) is 17.8. The van der Waals surface area contributed by atoms with Crippen LogP contribution in [0.4, 0.5) is 4.79 Å². The third-order valence-electron chi connectivity index (χ3n) is 5.29. The first-order valence-corrected chi connectivity index (χ1v) is 9.02. The quantitative estimate of drug-likeness (QED) is 0.907. The normalized spacial score (nSPS) is 22.0. The van der Waals surface area contributed by atoms with Crippen molar-refractivity contribution in [3.63, 3.8) is 0 Å². The van der Waals surface area contributed by atoms with Crippen LogP contribution in [-0.4, -0.2) is 60.6 Å². The Hall–Kier alpha value is -2.08. The molecule has 0 spiro atoms. The second kappa shape index (κ2) is 7.87. The second-order valence-electron chi connectivity index (χ2n) is 6.93. The fourth-order valence-corrected chi connectivity index (χ4v) is 3.73. The first kappa shape index (κ1) is 17.7. The summed E-state index contributed by atoms with van der Waals surface area (Å²) in [6.07, 6.45) is 2.44. The summed E-state index contributed by atoms with van der Waals surface area (Å²) in [6, 6.07) is 8.25. The average molecular weight is 345 g/mol. The number of hydrogen-bond donors (Lipinski definition) is 1. The predicted octanol–water partition coefficient (Wildman–Crippen LogP) is 1.78. The Morgan fingerprint density at radius 2 is 2.00 bits per heavy atom. The third kappa shape index (κ3) is 4.12. The standard InChI is InChI=1S/C19H27N3O3/c1-14(21-11-9-15-6-3-4-7-16(15)12-21)18(23)20-17-8-5-10-22(13-17)19(24)25-2/h3-4,6-7,14,17H,5,8-13H2,1-2H3,(H,20,23)/t14-,17-/m0/s1.